The Hall–Kier alpha value is -3.13. The van der Waals surface area contributed by atoms with Gasteiger partial charge in [-0.3, -0.25) is 4.79 Å². The first-order chi connectivity index (χ1) is 14.6. The molecular formula is C21H24ClN5O3. The van der Waals surface area contributed by atoms with E-state index in [-0.39, 0.29) is 12.5 Å². The molecule has 0 bridgehead atoms. The summed E-state index contributed by atoms with van der Waals surface area (Å²) in [6.07, 6.45) is 0.663. The van der Waals surface area contributed by atoms with Gasteiger partial charge in [-0.05, 0) is 55.3 Å². The molecule has 0 unspecified atom stereocenters. The Morgan fingerprint density at radius 3 is 2.67 bits per heavy atom. The Balaban J connectivity index is 1.51. The zero-order valence-corrected chi connectivity index (χ0v) is 17.7. The average Bonchev–Trinajstić information content (AvgIpc) is 3.18. The van der Waals surface area contributed by atoms with E-state index in [1.807, 2.05) is 44.2 Å². The van der Waals surface area contributed by atoms with Gasteiger partial charge in [0.1, 0.15) is 6.54 Å². The minimum atomic E-state index is -0.194. The number of halogens is 1. The molecule has 0 saturated heterocycles. The lowest BCUT2D eigenvalue weighted by Gasteiger charge is -2.12. The molecule has 1 amide bonds. The quantitative estimate of drug-likeness (QED) is 0.532. The van der Waals surface area contributed by atoms with Gasteiger partial charge in [0.05, 0.1) is 13.2 Å². The monoisotopic (exact) mass is 429 g/mol. The summed E-state index contributed by atoms with van der Waals surface area (Å²) in [5.74, 6) is 1.66. The van der Waals surface area contributed by atoms with E-state index < -0.39 is 0 Å². The largest absolute Gasteiger partial charge is 0.490 e. The molecule has 1 heterocycles. The van der Waals surface area contributed by atoms with Crippen LogP contribution in [0.25, 0.3) is 11.4 Å². The summed E-state index contributed by atoms with van der Waals surface area (Å²) in [4.78, 5) is 13.5. The van der Waals surface area contributed by atoms with Crippen LogP contribution in [0.4, 0.5) is 0 Å². The van der Waals surface area contributed by atoms with E-state index in [1.54, 1.807) is 12.1 Å². The zero-order chi connectivity index (χ0) is 21.3. The van der Waals surface area contributed by atoms with E-state index in [0.717, 1.165) is 16.9 Å². The third-order valence-electron chi connectivity index (χ3n) is 4.16. The number of carbonyl (C=O) groups is 1. The van der Waals surface area contributed by atoms with Crippen LogP contribution >= 0.6 is 11.6 Å². The molecule has 1 N–H and O–H groups in total. The molecule has 0 aliphatic carbocycles. The van der Waals surface area contributed by atoms with Crippen molar-refractivity contribution in [1.82, 2.24) is 25.5 Å². The minimum absolute atomic E-state index is 0.0129. The summed E-state index contributed by atoms with van der Waals surface area (Å²) in [7, 11) is 0. The van der Waals surface area contributed by atoms with Crippen LogP contribution in [0.1, 0.15) is 19.4 Å². The van der Waals surface area contributed by atoms with Crippen molar-refractivity contribution in [3.8, 4) is 22.9 Å². The van der Waals surface area contributed by atoms with Gasteiger partial charge in [-0.1, -0.05) is 29.8 Å². The van der Waals surface area contributed by atoms with E-state index in [2.05, 4.69) is 20.7 Å². The van der Waals surface area contributed by atoms with Gasteiger partial charge >= 0.3 is 0 Å². The molecule has 0 radical (unpaired) electrons. The molecule has 1 aromatic heterocycles. The SMILES string of the molecule is CCOc1ccc(CCNC(=O)Cn2nnc(-c3cccc(Cl)c3)n2)cc1OCC. The highest BCUT2D eigenvalue weighted by Crippen LogP contribution is 2.28. The first kappa shape index (κ1) is 21.6. The van der Waals surface area contributed by atoms with Crippen molar-refractivity contribution in [2.45, 2.75) is 26.8 Å². The second-order valence-corrected chi connectivity index (χ2v) is 6.84. The zero-order valence-electron chi connectivity index (χ0n) is 17.0. The highest BCUT2D eigenvalue weighted by molar-refractivity contribution is 6.30. The Morgan fingerprint density at radius 1 is 1.10 bits per heavy atom. The minimum Gasteiger partial charge on any atom is -0.490 e. The van der Waals surface area contributed by atoms with E-state index in [4.69, 9.17) is 21.1 Å². The van der Waals surface area contributed by atoms with Crippen LogP contribution in [-0.4, -0.2) is 45.9 Å². The summed E-state index contributed by atoms with van der Waals surface area (Å²) < 4.78 is 11.2. The lowest BCUT2D eigenvalue weighted by atomic mass is 10.1. The molecule has 2 aromatic carbocycles. The van der Waals surface area contributed by atoms with Crippen molar-refractivity contribution >= 4 is 17.5 Å². The number of rotatable bonds is 10. The van der Waals surface area contributed by atoms with Gasteiger partial charge in [0.25, 0.3) is 0 Å². The number of ether oxygens (including phenoxy) is 2. The highest BCUT2D eigenvalue weighted by atomic mass is 35.5. The summed E-state index contributed by atoms with van der Waals surface area (Å²) in [6.45, 7) is 5.46. The molecule has 0 fully saturated rings. The summed E-state index contributed by atoms with van der Waals surface area (Å²) in [5, 5.41) is 15.6. The maximum absolute atomic E-state index is 12.2. The van der Waals surface area contributed by atoms with Crippen LogP contribution in [-0.2, 0) is 17.8 Å². The molecule has 9 heteroatoms. The standard InChI is InChI=1S/C21H24ClN5O3/c1-3-29-18-9-8-15(12-19(18)30-4-2)10-11-23-20(28)14-27-25-21(24-26-27)16-6-5-7-17(22)13-16/h5-9,12-13H,3-4,10-11,14H2,1-2H3,(H,23,28). The molecule has 3 rings (SSSR count). The van der Waals surface area contributed by atoms with Gasteiger partial charge in [-0.15, -0.1) is 10.2 Å². The van der Waals surface area contributed by atoms with Crippen molar-refractivity contribution in [3.05, 3.63) is 53.1 Å². The van der Waals surface area contributed by atoms with Crippen LogP contribution in [0.2, 0.25) is 5.02 Å². The van der Waals surface area contributed by atoms with Crippen molar-refractivity contribution in [1.29, 1.82) is 0 Å². The first-order valence-electron chi connectivity index (χ1n) is 9.78. The fraction of sp³-hybridized carbons (Fsp3) is 0.333. The Kier molecular flexibility index (Phi) is 7.62. The number of nitrogens with zero attached hydrogens (tertiary/aromatic N) is 4. The smallest absolute Gasteiger partial charge is 0.243 e. The molecule has 0 saturated carbocycles. The number of hydrogen-bond acceptors (Lipinski definition) is 6. The van der Waals surface area contributed by atoms with Crippen molar-refractivity contribution in [2.75, 3.05) is 19.8 Å². The van der Waals surface area contributed by atoms with E-state index in [0.29, 0.717) is 42.8 Å². The molecule has 0 atom stereocenters. The fourth-order valence-corrected chi connectivity index (χ4v) is 3.03. The van der Waals surface area contributed by atoms with E-state index >= 15 is 0 Å². The van der Waals surface area contributed by atoms with Gasteiger partial charge in [-0.25, -0.2) is 0 Å². The summed E-state index contributed by atoms with van der Waals surface area (Å²) >= 11 is 5.98. The number of tetrazole rings is 1. The third kappa shape index (κ3) is 5.93. The van der Waals surface area contributed by atoms with Crippen LogP contribution in [0.5, 0.6) is 11.5 Å². The number of hydrogen-bond donors (Lipinski definition) is 1. The van der Waals surface area contributed by atoms with Crippen LogP contribution in [0.15, 0.2) is 42.5 Å². The Labute approximate surface area is 180 Å². The molecule has 0 aliphatic heterocycles. The maximum atomic E-state index is 12.2. The number of aromatic nitrogens is 4. The average molecular weight is 430 g/mol. The lowest BCUT2D eigenvalue weighted by molar-refractivity contribution is -0.122. The molecule has 30 heavy (non-hydrogen) atoms. The van der Waals surface area contributed by atoms with Crippen molar-refractivity contribution < 1.29 is 14.3 Å². The van der Waals surface area contributed by atoms with Crippen LogP contribution < -0.4 is 14.8 Å². The highest BCUT2D eigenvalue weighted by Gasteiger charge is 2.10. The van der Waals surface area contributed by atoms with Gasteiger partial charge in [-0.2, -0.15) is 4.80 Å². The van der Waals surface area contributed by atoms with Crippen molar-refractivity contribution in [3.63, 3.8) is 0 Å². The predicted octanol–water partition coefficient (Wildman–Crippen LogP) is 3.15. The Morgan fingerprint density at radius 2 is 1.90 bits per heavy atom. The Bertz CT molecular complexity index is 992. The van der Waals surface area contributed by atoms with E-state index in [9.17, 15) is 4.79 Å². The predicted molar refractivity (Wildman–Crippen MR) is 114 cm³/mol. The van der Waals surface area contributed by atoms with Crippen molar-refractivity contribution in [2.24, 2.45) is 0 Å². The van der Waals surface area contributed by atoms with Gasteiger partial charge in [0, 0.05) is 17.1 Å². The second kappa shape index (κ2) is 10.6. The number of amides is 1. The fourth-order valence-electron chi connectivity index (χ4n) is 2.83. The molecule has 8 nitrogen and oxygen atoms in total. The number of carbonyl (C=O) groups excluding carboxylic acids is 1. The number of nitrogens with one attached hydrogen (secondary N) is 1. The topological polar surface area (TPSA) is 91.2 Å². The number of benzene rings is 2. The second-order valence-electron chi connectivity index (χ2n) is 6.40. The molecule has 0 spiro atoms. The molecule has 0 aliphatic rings. The van der Waals surface area contributed by atoms with E-state index in [1.165, 1.54) is 4.80 Å². The molecule has 3 aromatic rings. The van der Waals surface area contributed by atoms with Gasteiger partial charge in [0.2, 0.25) is 11.7 Å². The van der Waals surface area contributed by atoms with Gasteiger partial charge < -0.3 is 14.8 Å². The maximum Gasteiger partial charge on any atom is 0.243 e. The molecule has 158 valence electrons. The lowest BCUT2D eigenvalue weighted by Crippen LogP contribution is -2.30. The summed E-state index contributed by atoms with van der Waals surface area (Å²) in [6, 6.07) is 13.0. The first-order valence-corrected chi connectivity index (χ1v) is 10.2. The normalized spacial score (nSPS) is 10.6. The molecular weight excluding hydrogens is 406 g/mol. The third-order valence-corrected chi connectivity index (χ3v) is 4.40. The van der Waals surface area contributed by atoms with Crippen LogP contribution in [0, 0.1) is 0 Å². The van der Waals surface area contributed by atoms with Gasteiger partial charge in [0.15, 0.2) is 11.5 Å². The summed E-state index contributed by atoms with van der Waals surface area (Å²) in [5.41, 5.74) is 1.79. The van der Waals surface area contributed by atoms with Crippen LogP contribution in [0.3, 0.4) is 0 Å².